The lowest BCUT2D eigenvalue weighted by Crippen LogP contribution is -2.24. The molecule has 1 aromatic carbocycles. The fourth-order valence-electron chi connectivity index (χ4n) is 2.65. The summed E-state index contributed by atoms with van der Waals surface area (Å²) in [5.74, 6) is 0.732. The van der Waals surface area contributed by atoms with Crippen molar-refractivity contribution < 1.29 is 4.74 Å². The number of hydrazone groups is 1. The molecule has 2 rings (SSSR count). The highest BCUT2D eigenvalue weighted by Crippen LogP contribution is 2.24. The predicted molar refractivity (Wildman–Crippen MR) is 90.2 cm³/mol. The summed E-state index contributed by atoms with van der Waals surface area (Å²) < 4.78 is 5.89. The molecule has 0 saturated heterocycles. The molecule has 0 atom stereocenters. The standard InChI is InChI=1S/C16H23N3OS/c17-16(21)19-18-10-14-8-4-5-9-15(14)12-20-11-13-6-2-1-3-7-13/h4-5,8-10,13H,1-3,6-7,11-12H2,(H3,17,19,21). The van der Waals surface area contributed by atoms with Crippen LogP contribution in [-0.2, 0) is 11.3 Å². The van der Waals surface area contributed by atoms with Gasteiger partial charge in [0.15, 0.2) is 5.11 Å². The topological polar surface area (TPSA) is 59.6 Å². The van der Waals surface area contributed by atoms with Crippen molar-refractivity contribution in [1.29, 1.82) is 0 Å². The lowest BCUT2D eigenvalue weighted by molar-refractivity contribution is 0.0739. The largest absolute Gasteiger partial charge is 0.376 e. The van der Waals surface area contributed by atoms with Crippen molar-refractivity contribution >= 4 is 23.5 Å². The molecule has 1 aliphatic rings. The average Bonchev–Trinajstić information content (AvgIpc) is 2.49. The van der Waals surface area contributed by atoms with Crippen LogP contribution < -0.4 is 11.2 Å². The fourth-order valence-corrected chi connectivity index (χ4v) is 2.70. The van der Waals surface area contributed by atoms with Gasteiger partial charge in [-0.3, -0.25) is 5.43 Å². The molecule has 0 amide bonds. The third kappa shape index (κ3) is 5.81. The lowest BCUT2D eigenvalue weighted by Gasteiger charge is -2.21. The Kier molecular flexibility index (Phi) is 6.63. The van der Waals surface area contributed by atoms with Crippen molar-refractivity contribution in [1.82, 2.24) is 5.43 Å². The maximum absolute atomic E-state index is 5.89. The quantitative estimate of drug-likeness (QED) is 0.482. The monoisotopic (exact) mass is 305 g/mol. The van der Waals surface area contributed by atoms with Crippen LogP contribution in [0.15, 0.2) is 29.4 Å². The average molecular weight is 305 g/mol. The lowest BCUT2D eigenvalue weighted by atomic mass is 9.90. The maximum atomic E-state index is 5.89. The summed E-state index contributed by atoms with van der Waals surface area (Å²) in [7, 11) is 0. The molecule has 0 radical (unpaired) electrons. The second kappa shape index (κ2) is 8.74. The molecule has 0 spiro atoms. The van der Waals surface area contributed by atoms with Gasteiger partial charge in [-0.25, -0.2) is 0 Å². The minimum atomic E-state index is 0.164. The van der Waals surface area contributed by atoms with Gasteiger partial charge < -0.3 is 10.5 Å². The van der Waals surface area contributed by atoms with E-state index in [0.717, 1.165) is 23.7 Å². The van der Waals surface area contributed by atoms with Gasteiger partial charge in [0.2, 0.25) is 0 Å². The van der Waals surface area contributed by atoms with E-state index in [1.54, 1.807) is 6.21 Å². The molecule has 114 valence electrons. The van der Waals surface area contributed by atoms with Gasteiger partial charge in [0, 0.05) is 12.2 Å². The Balaban J connectivity index is 1.84. The molecule has 0 aliphatic heterocycles. The van der Waals surface area contributed by atoms with Crippen LogP contribution in [0.4, 0.5) is 0 Å². The van der Waals surface area contributed by atoms with Crippen LogP contribution in [0.3, 0.4) is 0 Å². The van der Waals surface area contributed by atoms with Gasteiger partial charge >= 0.3 is 0 Å². The van der Waals surface area contributed by atoms with E-state index in [1.165, 1.54) is 32.1 Å². The zero-order valence-electron chi connectivity index (χ0n) is 12.3. The molecular formula is C16H23N3OS. The van der Waals surface area contributed by atoms with E-state index in [9.17, 15) is 0 Å². The SMILES string of the molecule is NC(=S)NN=Cc1ccccc1COCC1CCCCC1. The number of benzene rings is 1. The highest BCUT2D eigenvalue weighted by atomic mass is 32.1. The summed E-state index contributed by atoms with van der Waals surface area (Å²) in [4.78, 5) is 0. The number of hydrogen-bond donors (Lipinski definition) is 2. The number of hydrogen-bond acceptors (Lipinski definition) is 3. The molecule has 4 nitrogen and oxygen atoms in total. The molecule has 1 aliphatic carbocycles. The molecular weight excluding hydrogens is 282 g/mol. The van der Waals surface area contributed by atoms with E-state index in [2.05, 4.69) is 16.6 Å². The van der Waals surface area contributed by atoms with E-state index < -0.39 is 0 Å². The second-order valence-corrected chi connectivity index (χ2v) is 5.89. The van der Waals surface area contributed by atoms with Crippen LogP contribution >= 0.6 is 12.2 Å². The maximum Gasteiger partial charge on any atom is 0.184 e. The molecule has 0 unspecified atom stereocenters. The van der Waals surface area contributed by atoms with E-state index in [1.807, 2.05) is 18.2 Å². The van der Waals surface area contributed by atoms with Crippen LogP contribution in [0.25, 0.3) is 0 Å². The van der Waals surface area contributed by atoms with Gasteiger partial charge in [-0.05, 0) is 36.5 Å². The van der Waals surface area contributed by atoms with Crippen LogP contribution in [0, 0.1) is 5.92 Å². The Morgan fingerprint density at radius 1 is 1.33 bits per heavy atom. The summed E-state index contributed by atoms with van der Waals surface area (Å²) in [5, 5.41) is 4.17. The zero-order chi connectivity index (χ0) is 14.9. The van der Waals surface area contributed by atoms with E-state index >= 15 is 0 Å². The van der Waals surface area contributed by atoms with Gasteiger partial charge in [0.25, 0.3) is 0 Å². The molecule has 0 aromatic heterocycles. The minimum Gasteiger partial charge on any atom is -0.376 e. The first-order valence-corrected chi connectivity index (χ1v) is 7.90. The van der Waals surface area contributed by atoms with Crippen LogP contribution in [0.1, 0.15) is 43.2 Å². The zero-order valence-corrected chi connectivity index (χ0v) is 13.1. The van der Waals surface area contributed by atoms with E-state index in [-0.39, 0.29) is 5.11 Å². The first-order valence-electron chi connectivity index (χ1n) is 7.50. The molecule has 5 heteroatoms. The number of ether oxygens (including phenoxy) is 1. The van der Waals surface area contributed by atoms with Gasteiger partial charge in [0.05, 0.1) is 12.8 Å². The van der Waals surface area contributed by atoms with E-state index in [0.29, 0.717) is 6.61 Å². The van der Waals surface area contributed by atoms with Crippen LogP contribution in [-0.4, -0.2) is 17.9 Å². The molecule has 1 saturated carbocycles. The molecule has 1 fully saturated rings. The molecule has 0 heterocycles. The van der Waals surface area contributed by atoms with Crippen molar-refractivity contribution in [3.63, 3.8) is 0 Å². The van der Waals surface area contributed by atoms with Crippen molar-refractivity contribution in [2.75, 3.05) is 6.61 Å². The third-order valence-electron chi connectivity index (χ3n) is 3.77. The summed E-state index contributed by atoms with van der Waals surface area (Å²) in [6.45, 7) is 1.47. The first kappa shape index (κ1) is 15.9. The second-order valence-electron chi connectivity index (χ2n) is 5.45. The predicted octanol–water partition coefficient (Wildman–Crippen LogP) is 2.95. The van der Waals surface area contributed by atoms with Crippen molar-refractivity contribution in [3.05, 3.63) is 35.4 Å². The van der Waals surface area contributed by atoms with Gasteiger partial charge in [-0.15, -0.1) is 0 Å². The highest BCUT2D eigenvalue weighted by molar-refractivity contribution is 7.80. The Labute approximate surface area is 131 Å². The van der Waals surface area contributed by atoms with Gasteiger partial charge in [-0.1, -0.05) is 43.5 Å². The van der Waals surface area contributed by atoms with Gasteiger partial charge in [0.1, 0.15) is 0 Å². The summed E-state index contributed by atoms with van der Waals surface area (Å²) in [5.41, 5.74) is 10.1. The Bertz CT molecular complexity index is 484. The number of nitrogens with one attached hydrogen (secondary N) is 1. The van der Waals surface area contributed by atoms with Gasteiger partial charge in [-0.2, -0.15) is 5.10 Å². The normalized spacial score (nSPS) is 16.2. The van der Waals surface area contributed by atoms with Crippen LogP contribution in [0.5, 0.6) is 0 Å². The highest BCUT2D eigenvalue weighted by Gasteiger charge is 2.13. The first-order chi connectivity index (χ1) is 10.3. The van der Waals surface area contributed by atoms with E-state index in [4.69, 9.17) is 22.7 Å². The number of nitrogens with zero attached hydrogens (tertiary/aromatic N) is 1. The molecule has 1 aromatic rings. The third-order valence-corrected chi connectivity index (χ3v) is 3.86. The van der Waals surface area contributed by atoms with Crippen molar-refractivity contribution in [2.45, 2.75) is 38.7 Å². The smallest absolute Gasteiger partial charge is 0.184 e. The fraction of sp³-hybridized carbons (Fsp3) is 0.500. The molecule has 3 N–H and O–H groups in total. The Hall–Kier alpha value is -1.46. The summed E-state index contributed by atoms with van der Waals surface area (Å²) >= 11 is 4.71. The number of thiocarbonyl (C=S) groups is 1. The summed E-state index contributed by atoms with van der Waals surface area (Å²) in [6.07, 6.45) is 8.41. The molecule has 0 bridgehead atoms. The Morgan fingerprint density at radius 3 is 2.86 bits per heavy atom. The molecule has 21 heavy (non-hydrogen) atoms. The minimum absolute atomic E-state index is 0.164. The number of nitrogens with two attached hydrogens (primary N) is 1. The number of rotatable bonds is 6. The Morgan fingerprint density at radius 2 is 2.10 bits per heavy atom. The van der Waals surface area contributed by atoms with Crippen molar-refractivity contribution in [2.24, 2.45) is 16.8 Å². The van der Waals surface area contributed by atoms with Crippen LogP contribution in [0.2, 0.25) is 0 Å². The van der Waals surface area contributed by atoms with Crippen molar-refractivity contribution in [3.8, 4) is 0 Å². The summed E-state index contributed by atoms with van der Waals surface area (Å²) in [6, 6.07) is 8.05.